The quantitative estimate of drug-likeness (QED) is 0.105. The Morgan fingerprint density at radius 2 is 1.16 bits per heavy atom. The molecule has 0 rings (SSSR count). The third-order valence-corrected chi connectivity index (χ3v) is 9.85. The lowest BCUT2D eigenvalue weighted by molar-refractivity contribution is 0.288. The molecule has 0 spiro atoms. The summed E-state index contributed by atoms with van der Waals surface area (Å²) < 4.78 is 26.5. The molecule has 0 aliphatic carbocycles. The molecule has 0 amide bonds. The summed E-state index contributed by atoms with van der Waals surface area (Å²) in [5.74, 6) is 0.973. The number of hydrogen-bond acceptors (Lipinski definition) is 9. The summed E-state index contributed by atoms with van der Waals surface area (Å²) in [4.78, 5) is 31.4. The van der Waals surface area contributed by atoms with Gasteiger partial charge in [-0.1, -0.05) is 0 Å². The molecule has 0 aromatic rings. The number of nitrogens with one attached hydrogen (secondary N) is 2. The van der Waals surface area contributed by atoms with Gasteiger partial charge < -0.3 is 39.6 Å². The fourth-order valence-electron chi connectivity index (χ4n) is 2.71. The van der Waals surface area contributed by atoms with Crippen molar-refractivity contribution in [2.24, 2.45) is 0 Å². The minimum atomic E-state index is -3.94. The molecule has 188 valence electrons. The molecule has 0 bridgehead atoms. The standard InChI is InChI=1S/C17H42N4O6P2S2/c1-20(14-6-8-18-10-16-30-28(22,23)24)12-4-5-13-21(2)15-7-9-19-11-17-31-29(25,26)27-3/h18-19H,4-17H2,1-3H3,(H,25,26)(H2,22,23,24). The van der Waals surface area contributed by atoms with Gasteiger partial charge in [-0.3, -0.25) is 0 Å². The molecule has 5 N–H and O–H groups in total. The maximum atomic E-state index is 11.3. The fraction of sp³-hybridized carbons (Fsp3) is 1.00. The van der Waals surface area contributed by atoms with Gasteiger partial charge in [-0.25, -0.2) is 9.13 Å². The predicted octanol–water partition coefficient (Wildman–Crippen LogP) is 1.90. The largest absolute Gasteiger partial charge is 0.386 e. The molecule has 1 atom stereocenters. The van der Waals surface area contributed by atoms with Crippen LogP contribution in [0.4, 0.5) is 0 Å². The van der Waals surface area contributed by atoms with Gasteiger partial charge in [-0.05, 0) is 102 Å². The maximum Gasteiger partial charge on any atom is 0.386 e. The molecule has 14 heteroatoms. The van der Waals surface area contributed by atoms with E-state index in [4.69, 9.17) is 9.79 Å². The zero-order valence-corrected chi connectivity index (χ0v) is 22.5. The second-order valence-corrected chi connectivity index (χ2v) is 15.3. The van der Waals surface area contributed by atoms with Gasteiger partial charge >= 0.3 is 13.6 Å². The SMILES string of the molecule is COP(=O)(O)SCCNCCCN(C)CCCCN(C)CCCNCCSP(=O)(O)O. The van der Waals surface area contributed by atoms with Crippen LogP contribution in [0.25, 0.3) is 0 Å². The summed E-state index contributed by atoms with van der Waals surface area (Å²) in [6, 6.07) is 0. The molecule has 0 aliphatic rings. The van der Waals surface area contributed by atoms with Gasteiger partial charge in [0.05, 0.1) is 0 Å². The summed E-state index contributed by atoms with van der Waals surface area (Å²) in [7, 11) is 5.51. The van der Waals surface area contributed by atoms with Gasteiger partial charge in [-0.15, -0.1) is 0 Å². The normalized spacial score (nSPS) is 14.5. The summed E-state index contributed by atoms with van der Waals surface area (Å²) in [5, 5.41) is 6.49. The predicted molar refractivity (Wildman–Crippen MR) is 133 cm³/mol. The average Bonchev–Trinajstić information content (AvgIpc) is 2.69. The molecule has 31 heavy (non-hydrogen) atoms. The third kappa shape index (κ3) is 23.8. The Labute approximate surface area is 195 Å². The Kier molecular flexibility index (Phi) is 19.7. The zero-order chi connectivity index (χ0) is 23.6. The van der Waals surface area contributed by atoms with Gasteiger partial charge in [0, 0.05) is 31.7 Å². The van der Waals surface area contributed by atoms with Crippen molar-refractivity contribution in [1.29, 1.82) is 0 Å². The van der Waals surface area contributed by atoms with Crippen LogP contribution in [0.2, 0.25) is 0 Å². The van der Waals surface area contributed by atoms with Crippen LogP contribution in [0.1, 0.15) is 25.7 Å². The zero-order valence-electron chi connectivity index (χ0n) is 19.1. The average molecular weight is 525 g/mol. The van der Waals surface area contributed by atoms with Crippen molar-refractivity contribution in [1.82, 2.24) is 20.4 Å². The van der Waals surface area contributed by atoms with E-state index in [2.05, 4.69) is 39.1 Å². The second-order valence-electron chi connectivity index (χ2n) is 7.33. The van der Waals surface area contributed by atoms with Crippen LogP contribution in [0.15, 0.2) is 0 Å². The van der Waals surface area contributed by atoms with Crippen molar-refractivity contribution in [3.05, 3.63) is 0 Å². The molecule has 10 nitrogen and oxygen atoms in total. The molecule has 0 aliphatic heterocycles. The van der Waals surface area contributed by atoms with E-state index in [1.807, 2.05) is 0 Å². The van der Waals surface area contributed by atoms with Crippen LogP contribution < -0.4 is 10.6 Å². The molecule has 1 unspecified atom stereocenters. The van der Waals surface area contributed by atoms with Gasteiger partial charge in [0.25, 0.3) is 0 Å². The van der Waals surface area contributed by atoms with E-state index in [0.29, 0.717) is 36.0 Å². The van der Waals surface area contributed by atoms with Gasteiger partial charge in [-0.2, -0.15) is 0 Å². The molecule has 0 saturated carbocycles. The molecule has 0 fully saturated rings. The molecule has 0 aromatic carbocycles. The van der Waals surface area contributed by atoms with Crippen molar-refractivity contribution in [2.45, 2.75) is 25.7 Å². The highest BCUT2D eigenvalue weighted by Crippen LogP contribution is 2.54. The van der Waals surface area contributed by atoms with E-state index >= 15 is 0 Å². The monoisotopic (exact) mass is 524 g/mol. The first kappa shape index (κ1) is 31.8. The lowest BCUT2D eigenvalue weighted by atomic mass is 10.2. The number of nitrogens with zero attached hydrogens (tertiary/aromatic N) is 2. The van der Waals surface area contributed by atoms with Gasteiger partial charge in [0.15, 0.2) is 0 Å². The Morgan fingerprint density at radius 3 is 1.58 bits per heavy atom. The Bertz CT molecular complexity index is 533. The summed E-state index contributed by atoms with van der Waals surface area (Å²) >= 11 is 1.64. The van der Waals surface area contributed by atoms with E-state index in [9.17, 15) is 14.0 Å². The summed E-state index contributed by atoms with van der Waals surface area (Å²) in [5.41, 5.74) is 0. The van der Waals surface area contributed by atoms with Crippen LogP contribution >= 0.6 is 36.4 Å². The topological polar surface area (TPSA) is 135 Å². The molecule has 0 saturated heterocycles. The smallest absolute Gasteiger partial charge is 0.317 e. The van der Waals surface area contributed by atoms with E-state index in [1.165, 1.54) is 7.11 Å². The Morgan fingerprint density at radius 1 is 0.742 bits per heavy atom. The van der Waals surface area contributed by atoms with E-state index < -0.39 is 13.6 Å². The minimum Gasteiger partial charge on any atom is -0.317 e. The first-order chi connectivity index (χ1) is 14.6. The van der Waals surface area contributed by atoms with E-state index in [-0.39, 0.29) is 0 Å². The molecular formula is C17H42N4O6P2S2. The Hall–Kier alpha value is 0.840. The second kappa shape index (κ2) is 19.2. The minimum absolute atomic E-state index is 0.421. The highest BCUT2D eigenvalue weighted by Gasteiger charge is 2.16. The molecular weight excluding hydrogens is 482 g/mol. The first-order valence-electron chi connectivity index (χ1n) is 10.6. The van der Waals surface area contributed by atoms with Crippen molar-refractivity contribution >= 4 is 36.4 Å². The van der Waals surface area contributed by atoms with Crippen molar-refractivity contribution in [3.8, 4) is 0 Å². The number of hydrogen-bond donors (Lipinski definition) is 5. The lowest BCUT2D eigenvalue weighted by Crippen LogP contribution is -2.28. The van der Waals surface area contributed by atoms with Crippen LogP contribution in [0, 0.1) is 0 Å². The summed E-state index contributed by atoms with van der Waals surface area (Å²) in [6.07, 6.45) is 4.38. The van der Waals surface area contributed by atoms with E-state index in [0.717, 1.165) is 76.3 Å². The Balaban J connectivity index is 3.43. The third-order valence-electron chi connectivity index (χ3n) is 4.42. The van der Waals surface area contributed by atoms with Crippen molar-refractivity contribution in [3.63, 3.8) is 0 Å². The van der Waals surface area contributed by atoms with Crippen LogP contribution in [0.3, 0.4) is 0 Å². The number of rotatable bonds is 22. The van der Waals surface area contributed by atoms with Gasteiger partial charge in [0.2, 0.25) is 0 Å². The van der Waals surface area contributed by atoms with Crippen LogP contribution in [0.5, 0.6) is 0 Å². The van der Waals surface area contributed by atoms with Crippen LogP contribution in [-0.4, -0.2) is 110 Å². The lowest BCUT2D eigenvalue weighted by Gasteiger charge is -2.19. The highest BCUT2D eigenvalue weighted by molar-refractivity contribution is 8.55. The molecule has 0 heterocycles. The van der Waals surface area contributed by atoms with Gasteiger partial charge in [0.1, 0.15) is 0 Å². The summed E-state index contributed by atoms with van der Waals surface area (Å²) in [6.45, 7) is -0.164. The number of unbranched alkanes of at least 4 members (excludes halogenated alkanes) is 1. The van der Waals surface area contributed by atoms with Crippen LogP contribution in [-0.2, 0) is 13.7 Å². The highest BCUT2D eigenvalue weighted by atomic mass is 32.7. The maximum absolute atomic E-state index is 11.3. The molecule has 0 aromatic heterocycles. The fourth-order valence-corrected chi connectivity index (χ4v) is 6.02. The first-order valence-corrected chi connectivity index (χ1v) is 16.9. The van der Waals surface area contributed by atoms with Crippen molar-refractivity contribution in [2.75, 3.05) is 85.1 Å². The molecule has 0 radical (unpaired) electrons. The van der Waals surface area contributed by atoms with Crippen molar-refractivity contribution < 1.29 is 28.3 Å². The van der Waals surface area contributed by atoms with E-state index in [1.54, 1.807) is 0 Å².